The van der Waals surface area contributed by atoms with E-state index in [1.54, 1.807) is 6.07 Å². The van der Waals surface area contributed by atoms with Crippen molar-refractivity contribution in [2.24, 2.45) is 0 Å². The SMILES string of the molecule is CC(=O)Nc1cc(C)[nH]n1.CC(=O)Nc1n[nH]c(C)c1[N+](=O)[O-]. The first kappa shape index (κ1) is 17.8. The fourth-order valence-corrected chi connectivity index (χ4v) is 1.56. The van der Waals surface area contributed by atoms with Crippen LogP contribution in [0.25, 0.3) is 0 Å². The Morgan fingerprint density at radius 3 is 2.17 bits per heavy atom. The number of aromatic nitrogens is 4. The van der Waals surface area contributed by atoms with Gasteiger partial charge in [0, 0.05) is 25.6 Å². The summed E-state index contributed by atoms with van der Waals surface area (Å²) in [6, 6.07) is 1.77. The Morgan fingerprint density at radius 1 is 1.13 bits per heavy atom. The zero-order valence-electron chi connectivity index (χ0n) is 13.1. The van der Waals surface area contributed by atoms with Gasteiger partial charge in [-0.3, -0.25) is 29.9 Å². The molecule has 0 atom stereocenters. The van der Waals surface area contributed by atoms with Crippen LogP contribution in [0.4, 0.5) is 17.3 Å². The lowest BCUT2D eigenvalue weighted by atomic mass is 10.4. The largest absolute Gasteiger partial charge is 0.333 e. The van der Waals surface area contributed by atoms with E-state index in [1.165, 1.54) is 20.8 Å². The summed E-state index contributed by atoms with van der Waals surface area (Å²) in [5.41, 5.74) is 1.05. The second kappa shape index (κ2) is 7.68. The minimum Gasteiger partial charge on any atom is -0.309 e. The van der Waals surface area contributed by atoms with Gasteiger partial charge < -0.3 is 10.6 Å². The second-order valence-electron chi connectivity index (χ2n) is 4.60. The Bertz CT molecular complexity index is 719. The van der Waals surface area contributed by atoms with Crippen molar-refractivity contribution in [3.8, 4) is 0 Å². The topological polar surface area (TPSA) is 159 Å². The predicted molar refractivity (Wildman–Crippen MR) is 81.9 cm³/mol. The molecule has 2 heterocycles. The molecule has 0 aliphatic carbocycles. The van der Waals surface area contributed by atoms with Crippen LogP contribution in [0, 0.1) is 24.0 Å². The quantitative estimate of drug-likeness (QED) is 0.491. The maximum absolute atomic E-state index is 10.6. The van der Waals surface area contributed by atoms with Crippen LogP contribution in [0.2, 0.25) is 0 Å². The molecule has 2 amide bonds. The van der Waals surface area contributed by atoms with Crippen LogP contribution >= 0.6 is 0 Å². The number of carbonyl (C=O) groups is 2. The van der Waals surface area contributed by atoms with Crippen LogP contribution in [-0.2, 0) is 9.59 Å². The summed E-state index contributed by atoms with van der Waals surface area (Å²) in [6.45, 7) is 6.09. The van der Waals surface area contributed by atoms with Gasteiger partial charge in [0.05, 0.1) is 4.92 Å². The minimum atomic E-state index is -0.593. The molecule has 4 N–H and O–H groups in total. The lowest BCUT2D eigenvalue weighted by molar-refractivity contribution is -0.384. The Kier molecular flexibility index (Phi) is 5.95. The summed E-state index contributed by atoms with van der Waals surface area (Å²) in [6.07, 6.45) is 0. The normalized spacial score (nSPS) is 9.57. The van der Waals surface area contributed by atoms with E-state index in [1.807, 2.05) is 6.92 Å². The van der Waals surface area contributed by atoms with Crippen molar-refractivity contribution in [1.29, 1.82) is 0 Å². The van der Waals surface area contributed by atoms with E-state index in [0.717, 1.165) is 5.69 Å². The van der Waals surface area contributed by atoms with Gasteiger partial charge in [-0.05, 0) is 13.8 Å². The molecule has 0 radical (unpaired) electrons. The number of nitro groups is 1. The number of nitrogens with one attached hydrogen (secondary N) is 4. The number of nitrogens with zero attached hydrogens (tertiary/aromatic N) is 3. The molecule has 11 nitrogen and oxygen atoms in total. The summed E-state index contributed by atoms with van der Waals surface area (Å²) in [5.74, 6) is 0.0288. The van der Waals surface area contributed by atoms with Crippen molar-refractivity contribution in [3.63, 3.8) is 0 Å². The van der Waals surface area contributed by atoms with Crippen molar-refractivity contribution >= 4 is 29.1 Å². The van der Waals surface area contributed by atoms with Gasteiger partial charge in [0.1, 0.15) is 5.69 Å². The van der Waals surface area contributed by atoms with E-state index in [0.29, 0.717) is 11.5 Å². The summed E-state index contributed by atoms with van der Waals surface area (Å²) in [7, 11) is 0. The summed E-state index contributed by atoms with van der Waals surface area (Å²) in [5, 5.41) is 27.8. The van der Waals surface area contributed by atoms with Crippen LogP contribution in [-0.4, -0.2) is 37.1 Å². The molecule has 0 fully saturated rings. The van der Waals surface area contributed by atoms with E-state index >= 15 is 0 Å². The van der Waals surface area contributed by atoms with E-state index in [2.05, 4.69) is 31.0 Å². The number of anilines is 2. The van der Waals surface area contributed by atoms with Gasteiger partial charge in [-0.15, -0.1) is 5.10 Å². The highest BCUT2D eigenvalue weighted by Crippen LogP contribution is 2.24. The van der Waals surface area contributed by atoms with Gasteiger partial charge >= 0.3 is 5.69 Å². The van der Waals surface area contributed by atoms with Gasteiger partial charge in [0.2, 0.25) is 17.6 Å². The van der Waals surface area contributed by atoms with E-state index in [4.69, 9.17) is 0 Å². The highest BCUT2D eigenvalue weighted by Gasteiger charge is 2.21. The molecule has 0 aliphatic heterocycles. The van der Waals surface area contributed by atoms with Crippen LogP contribution in [0.5, 0.6) is 0 Å². The highest BCUT2D eigenvalue weighted by atomic mass is 16.6. The summed E-state index contributed by atoms with van der Waals surface area (Å²) < 4.78 is 0. The maximum atomic E-state index is 10.6. The van der Waals surface area contributed by atoms with Gasteiger partial charge in [-0.25, -0.2) is 0 Å². The lowest BCUT2D eigenvalue weighted by Crippen LogP contribution is -2.07. The Hall–Kier alpha value is -3.24. The number of hydrogen-bond acceptors (Lipinski definition) is 6. The van der Waals surface area contributed by atoms with Crippen molar-refractivity contribution in [1.82, 2.24) is 20.4 Å². The third-order valence-electron chi connectivity index (χ3n) is 2.40. The molecule has 0 aliphatic rings. The lowest BCUT2D eigenvalue weighted by Gasteiger charge is -1.94. The van der Waals surface area contributed by atoms with Gasteiger partial charge in [-0.1, -0.05) is 0 Å². The molecular formula is C12H17N7O4. The highest BCUT2D eigenvalue weighted by molar-refractivity contribution is 5.90. The first-order chi connectivity index (χ1) is 10.7. The molecule has 0 saturated heterocycles. The van der Waals surface area contributed by atoms with Gasteiger partial charge in [0.25, 0.3) is 0 Å². The predicted octanol–water partition coefficient (Wildman–Crippen LogP) is 1.26. The number of amides is 2. The fourth-order valence-electron chi connectivity index (χ4n) is 1.56. The average molecular weight is 323 g/mol. The van der Waals surface area contributed by atoms with Crippen molar-refractivity contribution in [2.45, 2.75) is 27.7 Å². The molecule has 2 aromatic rings. The molecule has 2 rings (SSSR count). The average Bonchev–Trinajstić information content (AvgIpc) is 2.95. The van der Waals surface area contributed by atoms with E-state index in [-0.39, 0.29) is 17.4 Å². The molecule has 11 heteroatoms. The van der Waals surface area contributed by atoms with Gasteiger partial charge in [0.15, 0.2) is 5.82 Å². The second-order valence-corrected chi connectivity index (χ2v) is 4.60. The van der Waals surface area contributed by atoms with Crippen molar-refractivity contribution in [3.05, 3.63) is 27.6 Å². The maximum Gasteiger partial charge on any atom is 0.333 e. The third-order valence-corrected chi connectivity index (χ3v) is 2.40. The van der Waals surface area contributed by atoms with E-state index in [9.17, 15) is 19.7 Å². The molecule has 0 spiro atoms. The monoisotopic (exact) mass is 323 g/mol. The number of carbonyl (C=O) groups excluding carboxylic acids is 2. The molecule has 23 heavy (non-hydrogen) atoms. The number of rotatable bonds is 3. The first-order valence-corrected chi connectivity index (χ1v) is 6.47. The molecule has 0 unspecified atom stereocenters. The molecule has 2 aromatic heterocycles. The zero-order chi connectivity index (χ0) is 17.6. The Morgan fingerprint density at radius 2 is 1.74 bits per heavy atom. The molecule has 0 saturated carbocycles. The van der Waals surface area contributed by atoms with Gasteiger partial charge in [-0.2, -0.15) is 5.10 Å². The molecular weight excluding hydrogens is 306 g/mol. The van der Waals surface area contributed by atoms with Crippen LogP contribution in [0.1, 0.15) is 25.2 Å². The summed E-state index contributed by atoms with van der Waals surface area (Å²) in [4.78, 5) is 31.0. The van der Waals surface area contributed by atoms with Crippen LogP contribution in [0.15, 0.2) is 6.07 Å². The fraction of sp³-hybridized carbons (Fsp3) is 0.333. The van der Waals surface area contributed by atoms with Crippen LogP contribution < -0.4 is 10.6 Å². The smallest absolute Gasteiger partial charge is 0.309 e. The molecule has 0 bridgehead atoms. The standard InChI is InChI=1S/C6H8N4O3.C6H9N3O/c1-3-5(10(12)13)6(9-8-3)7-4(2)11;1-4-3-6(9-8-4)7-5(2)10/h1-2H3,(H2,7,8,9,11);3H,1-2H3,(H2,7,8,9,10). The van der Waals surface area contributed by atoms with Crippen molar-refractivity contribution < 1.29 is 14.5 Å². The first-order valence-electron chi connectivity index (χ1n) is 6.47. The molecule has 0 aromatic carbocycles. The number of aryl methyl sites for hydroxylation is 2. The number of H-pyrrole nitrogens is 2. The zero-order valence-corrected chi connectivity index (χ0v) is 13.1. The van der Waals surface area contributed by atoms with Crippen molar-refractivity contribution in [2.75, 3.05) is 10.6 Å². The summed E-state index contributed by atoms with van der Waals surface area (Å²) >= 11 is 0. The van der Waals surface area contributed by atoms with Crippen LogP contribution in [0.3, 0.4) is 0 Å². The minimum absolute atomic E-state index is 0.0463. The molecule has 124 valence electrons. The third kappa shape index (κ3) is 5.57. The number of hydrogen-bond donors (Lipinski definition) is 4. The Labute approximate surface area is 131 Å². The van der Waals surface area contributed by atoms with E-state index < -0.39 is 10.8 Å². The Balaban J connectivity index is 0.000000238. The number of aromatic amines is 2.